The van der Waals surface area contributed by atoms with E-state index in [2.05, 4.69) is 20.9 Å². The van der Waals surface area contributed by atoms with E-state index in [1.165, 1.54) is 0 Å². The Kier molecular flexibility index (Phi) is 5.29. The van der Waals surface area contributed by atoms with Gasteiger partial charge in [0.25, 0.3) is 0 Å². The minimum Gasteiger partial charge on any atom is -0.383 e. The zero-order valence-electron chi connectivity index (χ0n) is 11.3. The molecule has 0 saturated heterocycles. The van der Waals surface area contributed by atoms with Gasteiger partial charge in [0.1, 0.15) is 0 Å². The van der Waals surface area contributed by atoms with Gasteiger partial charge in [0, 0.05) is 38.9 Å². The quantitative estimate of drug-likeness (QED) is 0.599. The second-order valence-electron chi connectivity index (χ2n) is 4.73. The first-order chi connectivity index (χ1) is 9.28. The van der Waals surface area contributed by atoms with Crippen molar-refractivity contribution in [3.8, 4) is 0 Å². The van der Waals surface area contributed by atoms with Crippen LogP contribution in [0.25, 0.3) is 0 Å². The minimum atomic E-state index is 0.0952. The van der Waals surface area contributed by atoms with Crippen molar-refractivity contribution in [2.45, 2.75) is 38.4 Å². The highest BCUT2D eigenvalue weighted by Gasteiger charge is 2.22. The molecule has 1 heterocycles. The highest BCUT2D eigenvalue weighted by atomic mass is 16.5. The first kappa shape index (κ1) is 14.0. The lowest BCUT2D eigenvalue weighted by atomic mass is 10.4. The topological polar surface area (TPSA) is 81.1 Å². The van der Waals surface area contributed by atoms with Gasteiger partial charge in [-0.05, 0) is 12.8 Å². The first-order valence-corrected chi connectivity index (χ1v) is 6.66. The number of aromatic nitrogens is 3. The lowest BCUT2D eigenvalue weighted by molar-refractivity contribution is -0.121. The molecule has 0 unspecified atom stereocenters. The van der Waals surface area contributed by atoms with Gasteiger partial charge in [0.2, 0.25) is 5.91 Å². The third-order valence-corrected chi connectivity index (χ3v) is 2.89. The van der Waals surface area contributed by atoms with Crippen molar-refractivity contribution in [1.29, 1.82) is 0 Å². The SMILES string of the molecule is COCCNCc1cn(CCC(=O)NC2CC2)nn1. The number of carbonyl (C=O) groups is 1. The molecule has 0 aromatic carbocycles. The van der Waals surface area contributed by atoms with Gasteiger partial charge in [-0.1, -0.05) is 5.21 Å². The second kappa shape index (κ2) is 7.20. The summed E-state index contributed by atoms with van der Waals surface area (Å²) in [4.78, 5) is 11.5. The summed E-state index contributed by atoms with van der Waals surface area (Å²) < 4.78 is 6.65. The third kappa shape index (κ3) is 5.35. The van der Waals surface area contributed by atoms with Crippen LogP contribution in [-0.4, -0.2) is 47.2 Å². The predicted molar refractivity (Wildman–Crippen MR) is 69.4 cm³/mol. The number of nitrogens with zero attached hydrogens (tertiary/aromatic N) is 3. The van der Waals surface area contributed by atoms with Crippen molar-refractivity contribution in [2.24, 2.45) is 0 Å². The van der Waals surface area contributed by atoms with Crippen molar-refractivity contribution in [3.63, 3.8) is 0 Å². The molecule has 106 valence electrons. The summed E-state index contributed by atoms with van der Waals surface area (Å²) in [5.74, 6) is 0.0952. The largest absolute Gasteiger partial charge is 0.383 e. The van der Waals surface area contributed by atoms with Crippen molar-refractivity contribution in [1.82, 2.24) is 25.6 Å². The molecular weight excluding hydrogens is 246 g/mol. The summed E-state index contributed by atoms with van der Waals surface area (Å²) in [6, 6.07) is 0.420. The molecule has 2 N–H and O–H groups in total. The van der Waals surface area contributed by atoms with Gasteiger partial charge < -0.3 is 15.4 Å². The summed E-state index contributed by atoms with van der Waals surface area (Å²) in [5.41, 5.74) is 0.874. The van der Waals surface area contributed by atoms with Crippen LogP contribution in [0.5, 0.6) is 0 Å². The number of rotatable bonds is 9. The normalized spacial score (nSPS) is 14.6. The molecule has 0 bridgehead atoms. The van der Waals surface area contributed by atoms with Crippen molar-refractivity contribution >= 4 is 5.91 Å². The second-order valence-corrected chi connectivity index (χ2v) is 4.73. The number of hydrogen-bond donors (Lipinski definition) is 2. The lowest BCUT2D eigenvalue weighted by Gasteiger charge is -2.02. The summed E-state index contributed by atoms with van der Waals surface area (Å²) in [6.07, 6.45) is 4.55. The van der Waals surface area contributed by atoms with E-state index in [4.69, 9.17) is 4.74 Å². The van der Waals surface area contributed by atoms with Crippen LogP contribution in [0.15, 0.2) is 6.20 Å². The van der Waals surface area contributed by atoms with Gasteiger partial charge in [-0.2, -0.15) is 0 Å². The number of amides is 1. The van der Waals surface area contributed by atoms with Gasteiger partial charge in [-0.25, -0.2) is 0 Å². The maximum atomic E-state index is 11.5. The first-order valence-electron chi connectivity index (χ1n) is 6.66. The zero-order chi connectivity index (χ0) is 13.5. The molecule has 0 aliphatic heterocycles. The Labute approximate surface area is 112 Å². The molecule has 1 fully saturated rings. The van der Waals surface area contributed by atoms with Crippen LogP contribution in [0.3, 0.4) is 0 Å². The Morgan fingerprint density at radius 3 is 3.16 bits per heavy atom. The number of hydrogen-bond acceptors (Lipinski definition) is 5. The van der Waals surface area contributed by atoms with E-state index in [1.54, 1.807) is 11.8 Å². The Morgan fingerprint density at radius 2 is 2.42 bits per heavy atom. The van der Waals surface area contributed by atoms with E-state index in [9.17, 15) is 4.79 Å². The van der Waals surface area contributed by atoms with Crippen LogP contribution < -0.4 is 10.6 Å². The monoisotopic (exact) mass is 267 g/mol. The molecule has 1 aromatic heterocycles. The smallest absolute Gasteiger partial charge is 0.222 e. The van der Waals surface area contributed by atoms with Crippen LogP contribution >= 0.6 is 0 Å². The number of nitrogens with one attached hydrogen (secondary N) is 2. The molecule has 19 heavy (non-hydrogen) atoms. The highest BCUT2D eigenvalue weighted by Crippen LogP contribution is 2.18. The van der Waals surface area contributed by atoms with Gasteiger partial charge >= 0.3 is 0 Å². The molecule has 1 saturated carbocycles. The van der Waals surface area contributed by atoms with Gasteiger partial charge in [0.05, 0.1) is 18.8 Å². The fraction of sp³-hybridized carbons (Fsp3) is 0.750. The molecule has 1 aliphatic rings. The maximum absolute atomic E-state index is 11.5. The van der Waals surface area contributed by atoms with Crippen molar-refractivity contribution < 1.29 is 9.53 Å². The molecule has 0 radical (unpaired) electrons. The average molecular weight is 267 g/mol. The molecule has 1 aromatic rings. The van der Waals surface area contributed by atoms with E-state index in [0.29, 0.717) is 32.2 Å². The van der Waals surface area contributed by atoms with Crippen LogP contribution in [-0.2, 0) is 22.6 Å². The average Bonchev–Trinajstić information content (AvgIpc) is 3.09. The minimum absolute atomic E-state index is 0.0952. The molecule has 7 nitrogen and oxygen atoms in total. The van der Waals surface area contributed by atoms with E-state index in [1.807, 2.05) is 6.20 Å². The molecule has 1 amide bonds. The summed E-state index contributed by atoms with van der Waals surface area (Å²) in [6.45, 7) is 2.70. The fourth-order valence-corrected chi connectivity index (χ4v) is 1.66. The Bertz CT molecular complexity index is 403. The van der Waals surface area contributed by atoms with E-state index in [-0.39, 0.29) is 5.91 Å². The van der Waals surface area contributed by atoms with Gasteiger partial charge in [0.15, 0.2) is 0 Å². The van der Waals surface area contributed by atoms with Crippen LogP contribution in [0, 0.1) is 0 Å². The Hall–Kier alpha value is -1.47. The predicted octanol–water partition coefficient (Wildman–Crippen LogP) is -0.317. The summed E-state index contributed by atoms with van der Waals surface area (Å²) in [5, 5.41) is 14.2. The summed E-state index contributed by atoms with van der Waals surface area (Å²) in [7, 11) is 1.67. The van der Waals surface area contributed by atoms with E-state index < -0.39 is 0 Å². The maximum Gasteiger partial charge on any atom is 0.222 e. The number of methoxy groups -OCH3 is 1. The number of ether oxygens (including phenoxy) is 1. The number of aryl methyl sites for hydroxylation is 1. The van der Waals surface area contributed by atoms with Gasteiger partial charge in [-0.15, -0.1) is 5.10 Å². The zero-order valence-corrected chi connectivity index (χ0v) is 11.3. The molecular formula is C12H21N5O2. The van der Waals surface area contributed by atoms with E-state index >= 15 is 0 Å². The number of carbonyl (C=O) groups excluding carboxylic acids is 1. The van der Waals surface area contributed by atoms with Crippen molar-refractivity contribution in [2.75, 3.05) is 20.3 Å². The molecule has 7 heteroatoms. The Balaban J connectivity index is 1.63. The molecule has 0 atom stereocenters. The highest BCUT2D eigenvalue weighted by molar-refractivity contribution is 5.76. The van der Waals surface area contributed by atoms with Crippen LogP contribution in [0.2, 0.25) is 0 Å². The van der Waals surface area contributed by atoms with Crippen LogP contribution in [0.4, 0.5) is 0 Å². The molecule has 0 spiro atoms. The third-order valence-electron chi connectivity index (χ3n) is 2.89. The van der Waals surface area contributed by atoms with Gasteiger partial charge in [-0.3, -0.25) is 9.48 Å². The molecule has 1 aliphatic carbocycles. The molecule has 2 rings (SSSR count). The lowest BCUT2D eigenvalue weighted by Crippen LogP contribution is -2.26. The standard InChI is InChI=1S/C12H21N5O2/c1-19-7-5-13-8-11-9-17(16-15-11)6-4-12(18)14-10-2-3-10/h9-10,13H,2-8H2,1H3,(H,14,18). The van der Waals surface area contributed by atoms with Crippen LogP contribution in [0.1, 0.15) is 25.0 Å². The Morgan fingerprint density at radius 1 is 1.58 bits per heavy atom. The summed E-state index contributed by atoms with van der Waals surface area (Å²) >= 11 is 0. The van der Waals surface area contributed by atoms with Crippen molar-refractivity contribution in [3.05, 3.63) is 11.9 Å². The van der Waals surface area contributed by atoms with E-state index in [0.717, 1.165) is 25.1 Å². The fourth-order valence-electron chi connectivity index (χ4n) is 1.66.